The average molecular weight is 261 g/mol. The molecule has 1 aliphatic carbocycles. The van der Waals surface area contributed by atoms with Crippen molar-refractivity contribution in [2.45, 2.75) is 19.4 Å². The molecule has 0 fully saturated rings. The van der Waals surface area contributed by atoms with E-state index in [9.17, 15) is 9.59 Å². The molecule has 6 nitrogen and oxygen atoms in total. The molecule has 2 atom stereocenters. The molecule has 0 aromatic carbocycles. The van der Waals surface area contributed by atoms with Crippen molar-refractivity contribution in [1.82, 2.24) is 4.98 Å². The van der Waals surface area contributed by atoms with E-state index in [4.69, 9.17) is 10.8 Å². The van der Waals surface area contributed by atoms with E-state index in [2.05, 4.69) is 10.3 Å². The van der Waals surface area contributed by atoms with Gasteiger partial charge in [0.15, 0.2) is 0 Å². The number of primary amides is 1. The Balaban J connectivity index is 2.17. The molecule has 0 bridgehead atoms. The van der Waals surface area contributed by atoms with E-state index in [0.717, 1.165) is 5.56 Å². The summed E-state index contributed by atoms with van der Waals surface area (Å²) in [6.45, 7) is 1.78. The third-order valence-corrected chi connectivity index (χ3v) is 3.13. The fourth-order valence-corrected chi connectivity index (χ4v) is 2.14. The lowest BCUT2D eigenvalue weighted by atomic mass is 10.1. The maximum Gasteiger partial charge on any atom is 0.310 e. The minimum atomic E-state index is -0.854. The third-order valence-electron chi connectivity index (χ3n) is 3.13. The highest BCUT2D eigenvalue weighted by atomic mass is 16.4. The number of hydrogen-bond acceptors (Lipinski definition) is 4. The SMILES string of the molecule is Cc1ccnc(NC2C=CC(C(=O)O)C2)c1C(N)=O. The van der Waals surface area contributed by atoms with Crippen molar-refractivity contribution in [1.29, 1.82) is 0 Å². The van der Waals surface area contributed by atoms with Crippen molar-refractivity contribution < 1.29 is 14.7 Å². The summed E-state index contributed by atoms with van der Waals surface area (Å²) in [4.78, 5) is 26.4. The van der Waals surface area contributed by atoms with Crippen LogP contribution >= 0.6 is 0 Å². The summed E-state index contributed by atoms with van der Waals surface area (Å²) in [6.07, 6.45) is 5.42. The van der Waals surface area contributed by atoms with Crippen LogP contribution in [0.2, 0.25) is 0 Å². The monoisotopic (exact) mass is 261 g/mol. The van der Waals surface area contributed by atoms with Crippen LogP contribution in [-0.4, -0.2) is 28.0 Å². The Morgan fingerprint density at radius 2 is 2.21 bits per heavy atom. The predicted molar refractivity (Wildman–Crippen MR) is 69.8 cm³/mol. The van der Waals surface area contributed by atoms with Crippen molar-refractivity contribution in [3.05, 3.63) is 35.5 Å². The molecule has 1 aliphatic rings. The number of carbonyl (C=O) groups excluding carboxylic acids is 1. The fourth-order valence-electron chi connectivity index (χ4n) is 2.14. The second-order valence-corrected chi connectivity index (χ2v) is 4.53. The molecule has 6 heteroatoms. The first kappa shape index (κ1) is 13.1. The Bertz CT molecular complexity index is 554. The lowest BCUT2D eigenvalue weighted by molar-refractivity contribution is -0.140. The van der Waals surface area contributed by atoms with Crippen LogP contribution in [0.5, 0.6) is 0 Å². The molecule has 1 heterocycles. The molecule has 1 aromatic rings. The molecule has 2 unspecified atom stereocenters. The summed E-state index contributed by atoms with van der Waals surface area (Å²) >= 11 is 0. The predicted octanol–water partition coefficient (Wildman–Crippen LogP) is 0.930. The van der Waals surface area contributed by atoms with Crippen molar-refractivity contribution in [2.24, 2.45) is 11.7 Å². The summed E-state index contributed by atoms with van der Waals surface area (Å²) in [6, 6.07) is 1.55. The van der Waals surface area contributed by atoms with Crippen molar-refractivity contribution >= 4 is 17.7 Å². The van der Waals surface area contributed by atoms with Gasteiger partial charge in [-0.3, -0.25) is 9.59 Å². The maximum absolute atomic E-state index is 11.4. The number of rotatable bonds is 4. The molecule has 0 saturated carbocycles. The van der Waals surface area contributed by atoms with E-state index in [1.165, 1.54) is 0 Å². The zero-order valence-corrected chi connectivity index (χ0v) is 10.5. The van der Waals surface area contributed by atoms with Crippen LogP contribution in [0, 0.1) is 12.8 Å². The molecule has 2 rings (SSSR count). The molecule has 1 aromatic heterocycles. The number of nitrogens with zero attached hydrogens (tertiary/aromatic N) is 1. The molecular formula is C13H15N3O3. The first-order valence-corrected chi connectivity index (χ1v) is 5.92. The summed E-state index contributed by atoms with van der Waals surface area (Å²) in [5.74, 6) is -1.51. The van der Waals surface area contributed by atoms with Crippen LogP contribution in [-0.2, 0) is 4.79 Å². The van der Waals surface area contributed by atoms with Gasteiger partial charge in [-0.15, -0.1) is 0 Å². The van der Waals surface area contributed by atoms with Crippen LogP contribution in [0.25, 0.3) is 0 Å². The molecule has 0 radical (unpaired) electrons. The van der Waals surface area contributed by atoms with E-state index < -0.39 is 17.8 Å². The number of aryl methyl sites for hydroxylation is 1. The molecule has 0 saturated heterocycles. The summed E-state index contributed by atoms with van der Waals surface area (Å²) in [7, 11) is 0. The maximum atomic E-state index is 11.4. The molecule has 0 aliphatic heterocycles. The second kappa shape index (κ2) is 5.09. The van der Waals surface area contributed by atoms with Gasteiger partial charge >= 0.3 is 5.97 Å². The first-order chi connectivity index (χ1) is 8.99. The summed E-state index contributed by atoms with van der Waals surface area (Å²) in [5, 5.41) is 12.0. The van der Waals surface area contributed by atoms with Gasteiger partial charge in [0.05, 0.1) is 11.5 Å². The highest BCUT2D eigenvalue weighted by Gasteiger charge is 2.25. The van der Waals surface area contributed by atoms with Crippen molar-refractivity contribution in [3.8, 4) is 0 Å². The largest absolute Gasteiger partial charge is 0.481 e. The number of nitrogens with one attached hydrogen (secondary N) is 1. The van der Waals surface area contributed by atoms with Gasteiger partial charge in [-0.25, -0.2) is 4.98 Å². The second-order valence-electron chi connectivity index (χ2n) is 4.53. The zero-order valence-electron chi connectivity index (χ0n) is 10.5. The number of aromatic nitrogens is 1. The molecule has 19 heavy (non-hydrogen) atoms. The Kier molecular flexibility index (Phi) is 3.50. The number of hydrogen-bond donors (Lipinski definition) is 3. The average Bonchev–Trinajstić information content (AvgIpc) is 2.77. The fraction of sp³-hybridized carbons (Fsp3) is 0.308. The van der Waals surface area contributed by atoms with Crippen LogP contribution < -0.4 is 11.1 Å². The quantitative estimate of drug-likeness (QED) is 0.699. The highest BCUT2D eigenvalue weighted by Crippen LogP contribution is 2.23. The van der Waals surface area contributed by atoms with E-state index in [0.29, 0.717) is 17.8 Å². The molecule has 0 spiro atoms. The van der Waals surface area contributed by atoms with Crippen molar-refractivity contribution in [3.63, 3.8) is 0 Å². The Morgan fingerprint density at radius 1 is 1.47 bits per heavy atom. The number of nitrogens with two attached hydrogens (primary N) is 1. The van der Waals surface area contributed by atoms with E-state index in [-0.39, 0.29) is 6.04 Å². The van der Waals surface area contributed by atoms with E-state index in [1.54, 1.807) is 31.3 Å². The van der Waals surface area contributed by atoms with Crippen LogP contribution in [0.3, 0.4) is 0 Å². The standard InChI is InChI=1S/C13H15N3O3/c1-7-4-5-15-12(10(7)11(14)17)16-9-3-2-8(6-9)13(18)19/h2-5,8-9H,6H2,1H3,(H2,14,17)(H,15,16)(H,18,19). The lowest BCUT2D eigenvalue weighted by Gasteiger charge is -2.15. The van der Waals surface area contributed by atoms with E-state index >= 15 is 0 Å². The lowest BCUT2D eigenvalue weighted by Crippen LogP contribution is -2.23. The third kappa shape index (κ3) is 2.73. The van der Waals surface area contributed by atoms with Gasteiger partial charge in [0.25, 0.3) is 5.91 Å². The van der Waals surface area contributed by atoms with Gasteiger partial charge in [0, 0.05) is 12.2 Å². The topological polar surface area (TPSA) is 105 Å². The Hall–Kier alpha value is -2.37. The smallest absolute Gasteiger partial charge is 0.310 e. The summed E-state index contributed by atoms with van der Waals surface area (Å²) < 4.78 is 0. The number of carboxylic acid groups (broad SMARTS) is 1. The van der Waals surface area contributed by atoms with Crippen LogP contribution in [0.15, 0.2) is 24.4 Å². The molecule has 100 valence electrons. The summed E-state index contributed by atoms with van der Waals surface area (Å²) in [5.41, 5.74) is 6.41. The van der Waals surface area contributed by atoms with Gasteiger partial charge in [-0.05, 0) is 25.0 Å². The van der Waals surface area contributed by atoms with Crippen LogP contribution in [0.1, 0.15) is 22.3 Å². The molecule has 4 N–H and O–H groups in total. The Labute approximate surface area is 110 Å². The number of carbonyl (C=O) groups is 2. The first-order valence-electron chi connectivity index (χ1n) is 5.92. The molecular weight excluding hydrogens is 246 g/mol. The number of aliphatic carboxylic acids is 1. The van der Waals surface area contributed by atoms with Crippen molar-refractivity contribution in [2.75, 3.05) is 5.32 Å². The van der Waals surface area contributed by atoms with Gasteiger partial charge in [0.1, 0.15) is 5.82 Å². The van der Waals surface area contributed by atoms with Gasteiger partial charge < -0.3 is 16.2 Å². The van der Waals surface area contributed by atoms with Crippen LogP contribution in [0.4, 0.5) is 5.82 Å². The number of carboxylic acids is 1. The number of pyridine rings is 1. The van der Waals surface area contributed by atoms with Gasteiger partial charge in [-0.2, -0.15) is 0 Å². The minimum absolute atomic E-state index is 0.159. The number of amides is 1. The minimum Gasteiger partial charge on any atom is -0.481 e. The van der Waals surface area contributed by atoms with Gasteiger partial charge in [0.2, 0.25) is 0 Å². The molecule has 1 amide bonds. The van der Waals surface area contributed by atoms with Gasteiger partial charge in [-0.1, -0.05) is 12.2 Å². The highest BCUT2D eigenvalue weighted by molar-refractivity contribution is 5.99. The zero-order chi connectivity index (χ0) is 14.0. The number of anilines is 1. The van der Waals surface area contributed by atoms with E-state index in [1.807, 2.05) is 0 Å². The Morgan fingerprint density at radius 3 is 2.79 bits per heavy atom. The normalized spacial score (nSPS) is 21.3.